The lowest BCUT2D eigenvalue weighted by Gasteiger charge is -2.27. The van der Waals surface area contributed by atoms with Crippen molar-refractivity contribution in [3.63, 3.8) is 0 Å². The van der Waals surface area contributed by atoms with Crippen molar-refractivity contribution in [3.8, 4) is 5.75 Å². The van der Waals surface area contributed by atoms with Gasteiger partial charge in [-0.3, -0.25) is 9.89 Å². The highest BCUT2D eigenvalue weighted by atomic mass is 127. The molecule has 6 heteroatoms. The highest BCUT2D eigenvalue weighted by Crippen LogP contribution is 2.28. The molecule has 1 aromatic rings. The molecule has 26 heavy (non-hydrogen) atoms. The second-order valence-corrected chi connectivity index (χ2v) is 7.08. The van der Waals surface area contributed by atoms with Gasteiger partial charge in [-0.25, -0.2) is 0 Å². The van der Waals surface area contributed by atoms with Gasteiger partial charge < -0.3 is 15.4 Å². The Bertz CT molecular complexity index is 553. The number of ether oxygens (including phenoxy) is 1. The van der Waals surface area contributed by atoms with Gasteiger partial charge in [0.2, 0.25) is 0 Å². The van der Waals surface area contributed by atoms with E-state index in [9.17, 15) is 0 Å². The molecule has 1 unspecified atom stereocenters. The highest BCUT2D eigenvalue weighted by Gasteiger charge is 2.24. The summed E-state index contributed by atoms with van der Waals surface area (Å²) in [6.45, 7) is 7.18. The molecule has 1 aromatic carbocycles. The maximum Gasteiger partial charge on any atom is 0.191 e. The molecular formula is C20H33IN4O. The molecule has 1 aliphatic heterocycles. The van der Waals surface area contributed by atoms with E-state index in [1.807, 2.05) is 0 Å². The largest absolute Gasteiger partial charge is 0.497 e. The van der Waals surface area contributed by atoms with Crippen LogP contribution in [0.2, 0.25) is 0 Å². The molecule has 1 saturated heterocycles. The van der Waals surface area contributed by atoms with E-state index in [1.165, 1.54) is 31.2 Å². The maximum atomic E-state index is 5.30. The summed E-state index contributed by atoms with van der Waals surface area (Å²) in [7, 11) is 1.71. The van der Waals surface area contributed by atoms with E-state index in [0.29, 0.717) is 6.04 Å². The topological polar surface area (TPSA) is 48.9 Å². The Morgan fingerprint density at radius 1 is 1.19 bits per heavy atom. The highest BCUT2D eigenvalue weighted by molar-refractivity contribution is 14.0. The van der Waals surface area contributed by atoms with Gasteiger partial charge in [0.1, 0.15) is 5.75 Å². The summed E-state index contributed by atoms with van der Waals surface area (Å²) in [6.07, 6.45) is 5.29. The second kappa shape index (κ2) is 11.0. The maximum absolute atomic E-state index is 5.30. The van der Waals surface area contributed by atoms with Crippen LogP contribution in [0, 0.1) is 5.92 Å². The Morgan fingerprint density at radius 2 is 1.88 bits per heavy atom. The molecule has 1 atom stereocenters. The van der Waals surface area contributed by atoms with Crippen LogP contribution in [-0.2, 0) is 0 Å². The zero-order valence-electron chi connectivity index (χ0n) is 16.0. The van der Waals surface area contributed by atoms with E-state index >= 15 is 0 Å². The summed E-state index contributed by atoms with van der Waals surface area (Å²) < 4.78 is 5.30. The van der Waals surface area contributed by atoms with Gasteiger partial charge in [0.05, 0.1) is 19.7 Å². The molecular weight excluding hydrogens is 439 g/mol. The Morgan fingerprint density at radius 3 is 2.46 bits per heavy atom. The lowest BCUT2D eigenvalue weighted by molar-refractivity contribution is 0.251. The summed E-state index contributed by atoms with van der Waals surface area (Å²) in [6, 6.07) is 8.81. The van der Waals surface area contributed by atoms with Crippen molar-refractivity contribution >= 4 is 29.9 Å². The van der Waals surface area contributed by atoms with Crippen molar-refractivity contribution in [1.29, 1.82) is 0 Å². The first kappa shape index (κ1) is 21.3. The number of likely N-dealkylation sites (tertiary alicyclic amines) is 1. The SMILES string of the molecule is CCNC(=NCC(c1ccc(OC)cc1)N1CCCC1)NCC1CC1.I. The normalized spacial score (nSPS) is 18.9. The van der Waals surface area contributed by atoms with Gasteiger partial charge in [0.25, 0.3) is 0 Å². The van der Waals surface area contributed by atoms with Crippen LogP contribution in [0.1, 0.15) is 44.2 Å². The fourth-order valence-corrected chi connectivity index (χ4v) is 3.39. The minimum Gasteiger partial charge on any atom is -0.497 e. The smallest absolute Gasteiger partial charge is 0.191 e. The summed E-state index contributed by atoms with van der Waals surface area (Å²) in [4.78, 5) is 7.46. The Balaban J connectivity index is 0.00000243. The molecule has 2 aliphatic rings. The molecule has 3 rings (SSSR count). The Hall–Kier alpha value is -1.02. The van der Waals surface area contributed by atoms with E-state index < -0.39 is 0 Å². The molecule has 1 aliphatic carbocycles. The number of guanidine groups is 1. The third-order valence-electron chi connectivity index (χ3n) is 5.10. The van der Waals surface area contributed by atoms with Gasteiger partial charge in [-0.15, -0.1) is 24.0 Å². The molecule has 2 N–H and O–H groups in total. The van der Waals surface area contributed by atoms with E-state index in [2.05, 4.69) is 46.7 Å². The summed E-state index contributed by atoms with van der Waals surface area (Å²) in [5, 5.41) is 6.88. The minimum absolute atomic E-state index is 0. The number of rotatable bonds is 8. The van der Waals surface area contributed by atoms with Crippen LogP contribution in [0.15, 0.2) is 29.3 Å². The van der Waals surface area contributed by atoms with Crippen LogP contribution >= 0.6 is 24.0 Å². The van der Waals surface area contributed by atoms with Gasteiger partial charge in [-0.05, 0) is 69.3 Å². The number of halogens is 1. The first-order valence-electron chi connectivity index (χ1n) is 9.70. The monoisotopic (exact) mass is 472 g/mol. The average Bonchev–Trinajstić information content (AvgIpc) is 3.32. The van der Waals surface area contributed by atoms with E-state index in [-0.39, 0.29) is 24.0 Å². The van der Waals surface area contributed by atoms with Crippen LogP contribution in [-0.4, -0.2) is 50.7 Å². The number of benzene rings is 1. The average molecular weight is 472 g/mol. The number of nitrogens with one attached hydrogen (secondary N) is 2. The van der Waals surface area contributed by atoms with Crippen molar-refractivity contribution in [1.82, 2.24) is 15.5 Å². The predicted octanol–water partition coefficient (Wildman–Crippen LogP) is 3.42. The summed E-state index contributed by atoms with van der Waals surface area (Å²) in [5.74, 6) is 2.71. The van der Waals surface area contributed by atoms with Crippen molar-refractivity contribution in [3.05, 3.63) is 29.8 Å². The third kappa shape index (κ3) is 6.30. The first-order valence-corrected chi connectivity index (χ1v) is 9.70. The molecule has 5 nitrogen and oxygen atoms in total. The number of hydrogen-bond donors (Lipinski definition) is 2. The Labute approximate surface area is 175 Å². The van der Waals surface area contributed by atoms with Crippen LogP contribution in [0.4, 0.5) is 0 Å². The van der Waals surface area contributed by atoms with E-state index in [4.69, 9.17) is 9.73 Å². The summed E-state index contributed by atoms with van der Waals surface area (Å²) in [5.41, 5.74) is 1.32. The third-order valence-corrected chi connectivity index (χ3v) is 5.10. The van der Waals surface area contributed by atoms with Crippen LogP contribution < -0.4 is 15.4 Å². The summed E-state index contributed by atoms with van der Waals surface area (Å²) >= 11 is 0. The van der Waals surface area contributed by atoms with Crippen LogP contribution in [0.3, 0.4) is 0 Å². The predicted molar refractivity (Wildman–Crippen MR) is 119 cm³/mol. The molecule has 0 bridgehead atoms. The molecule has 146 valence electrons. The second-order valence-electron chi connectivity index (χ2n) is 7.08. The van der Waals surface area contributed by atoms with Gasteiger partial charge >= 0.3 is 0 Å². The molecule has 0 aromatic heterocycles. The van der Waals surface area contributed by atoms with Gasteiger partial charge in [-0.1, -0.05) is 12.1 Å². The molecule has 0 spiro atoms. The van der Waals surface area contributed by atoms with E-state index in [0.717, 1.165) is 50.4 Å². The van der Waals surface area contributed by atoms with Crippen LogP contribution in [0.25, 0.3) is 0 Å². The Kier molecular flexibility index (Phi) is 8.98. The number of nitrogens with zero attached hydrogens (tertiary/aromatic N) is 2. The van der Waals surface area contributed by atoms with Gasteiger partial charge in [-0.2, -0.15) is 0 Å². The molecule has 1 saturated carbocycles. The van der Waals surface area contributed by atoms with Crippen molar-refractivity contribution in [2.75, 3.05) is 39.8 Å². The van der Waals surface area contributed by atoms with E-state index in [1.54, 1.807) is 7.11 Å². The quantitative estimate of drug-likeness (QED) is 0.346. The number of methoxy groups -OCH3 is 1. The molecule has 2 fully saturated rings. The molecule has 0 amide bonds. The fourth-order valence-electron chi connectivity index (χ4n) is 3.39. The lowest BCUT2D eigenvalue weighted by atomic mass is 10.1. The molecule has 1 heterocycles. The zero-order valence-corrected chi connectivity index (χ0v) is 18.4. The van der Waals surface area contributed by atoms with Crippen LogP contribution in [0.5, 0.6) is 5.75 Å². The lowest BCUT2D eigenvalue weighted by Crippen LogP contribution is -2.39. The first-order chi connectivity index (χ1) is 12.3. The fraction of sp³-hybridized carbons (Fsp3) is 0.650. The standard InChI is InChI=1S/C20H32N4O.HI/c1-3-21-20(22-14-16-6-7-16)23-15-19(24-12-4-5-13-24)17-8-10-18(25-2)11-9-17;/h8-11,16,19H,3-7,12-15H2,1-2H3,(H2,21,22,23);1H. The minimum atomic E-state index is 0. The van der Waals surface area contributed by atoms with Crippen molar-refractivity contribution < 1.29 is 4.74 Å². The van der Waals surface area contributed by atoms with Gasteiger partial charge in [0.15, 0.2) is 5.96 Å². The van der Waals surface area contributed by atoms with Crippen molar-refractivity contribution in [2.45, 2.75) is 38.6 Å². The van der Waals surface area contributed by atoms with Crippen molar-refractivity contribution in [2.24, 2.45) is 10.9 Å². The zero-order chi connectivity index (χ0) is 17.5. The number of hydrogen-bond acceptors (Lipinski definition) is 3. The number of aliphatic imine (C=N–C) groups is 1. The molecule has 0 radical (unpaired) electrons. The van der Waals surface area contributed by atoms with Gasteiger partial charge in [0, 0.05) is 13.1 Å².